The van der Waals surface area contributed by atoms with Crippen LogP contribution >= 0.6 is 0 Å². The lowest BCUT2D eigenvalue weighted by atomic mass is 10.0. The summed E-state index contributed by atoms with van der Waals surface area (Å²) in [5.41, 5.74) is 0. The summed E-state index contributed by atoms with van der Waals surface area (Å²) >= 11 is 0. The van der Waals surface area contributed by atoms with E-state index < -0.39 is 6.10 Å². The molecule has 0 aliphatic carbocycles. The lowest BCUT2D eigenvalue weighted by Gasteiger charge is -2.18. The second-order valence-electron chi connectivity index (χ2n) is 16.9. The van der Waals surface area contributed by atoms with Crippen LogP contribution in [0.3, 0.4) is 0 Å². The first-order valence-electron chi connectivity index (χ1n) is 25.7. The van der Waals surface area contributed by atoms with Gasteiger partial charge in [0.15, 0.2) is 6.10 Å². The summed E-state index contributed by atoms with van der Waals surface area (Å²) in [6.45, 7) is 6.40. The zero-order chi connectivity index (χ0) is 45.1. The van der Waals surface area contributed by atoms with Gasteiger partial charge in [-0.15, -0.1) is 0 Å². The van der Waals surface area contributed by atoms with Gasteiger partial charge in [0.05, 0.1) is 0 Å². The van der Waals surface area contributed by atoms with Crippen molar-refractivity contribution in [2.45, 2.75) is 239 Å². The number of carbonyl (C=O) groups excluding carboxylic acids is 3. The van der Waals surface area contributed by atoms with Crippen LogP contribution in [0.25, 0.3) is 0 Å². The summed E-state index contributed by atoms with van der Waals surface area (Å²) in [5.74, 6) is -1.01. The number of rotatable bonds is 45. The van der Waals surface area contributed by atoms with Gasteiger partial charge in [-0.1, -0.05) is 241 Å². The van der Waals surface area contributed by atoms with Gasteiger partial charge in [0.25, 0.3) is 0 Å². The normalized spacial score (nSPS) is 12.8. The van der Waals surface area contributed by atoms with Crippen LogP contribution in [0.15, 0.2) is 85.1 Å². The minimum Gasteiger partial charge on any atom is -0.462 e. The van der Waals surface area contributed by atoms with Crippen molar-refractivity contribution in [3.05, 3.63) is 85.1 Å². The molecule has 0 aromatic carbocycles. The molecule has 354 valence electrons. The largest absolute Gasteiger partial charge is 0.462 e. The molecule has 0 bridgehead atoms. The van der Waals surface area contributed by atoms with E-state index in [9.17, 15) is 14.4 Å². The van der Waals surface area contributed by atoms with E-state index >= 15 is 0 Å². The Morgan fingerprint density at radius 2 is 0.645 bits per heavy atom. The molecule has 0 aromatic heterocycles. The lowest BCUT2D eigenvalue weighted by Crippen LogP contribution is -2.30. The number of carbonyl (C=O) groups is 3. The van der Waals surface area contributed by atoms with Crippen LogP contribution in [0.4, 0.5) is 0 Å². The van der Waals surface area contributed by atoms with Gasteiger partial charge < -0.3 is 14.2 Å². The second kappa shape index (κ2) is 50.2. The summed E-state index contributed by atoms with van der Waals surface area (Å²) in [5, 5.41) is 0. The average molecular weight is 863 g/mol. The van der Waals surface area contributed by atoms with E-state index in [1.165, 1.54) is 122 Å². The number of hydrogen-bond donors (Lipinski definition) is 0. The molecule has 0 heterocycles. The van der Waals surface area contributed by atoms with Crippen molar-refractivity contribution in [2.75, 3.05) is 13.2 Å². The zero-order valence-corrected chi connectivity index (χ0v) is 40.4. The summed E-state index contributed by atoms with van der Waals surface area (Å²) in [7, 11) is 0. The van der Waals surface area contributed by atoms with Crippen molar-refractivity contribution >= 4 is 17.9 Å². The molecule has 0 saturated heterocycles. The third-order valence-corrected chi connectivity index (χ3v) is 10.8. The predicted octanol–water partition coefficient (Wildman–Crippen LogP) is 16.8. The molecule has 0 aromatic rings. The Morgan fingerprint density at radius 3 is 1.08 bits per heavy atom. The van der Waals surface area contributed by atoms with E-state index in [0.717, 1.165) is 64.2 Å². The zero-order valence-electron chi connectivity index (χ0n) is 40.4. The Labute approximate surface area is 382 Å². The summed E-state index contributed by atoms with van der Waals surface area (Å²) < 4.78 is 16.7. The first-order valence-corrected chi connectivity index (χ1v) is 25.7. The predicted molar refractivity (Wildman–Crippen MR) is 265 cm³/mol. The van der Waals surface area contributed by atoms with Crippen LogP contribution < -0.4 is 0 Å². The maximum Gasteiger partial charge on any atom is 0.306 e. The van der Waals surface area contributed by atoms with E-state index in [-0.39, 0.29) is 37.5 Å². The highest BCUT2D eigenvalue weighted by Gasteiger charge is 2.19. The molecule has 0 aliphatic heterocycles. The van der Waals surface area contributed by atoms with Crippen molar-refractivity contribution in [1.29, 1.82) is 0 Å². The fraction of sp³-hybridized carbons (Fsp3) is 0.696. The van der Waals surface area contributed by atoms with Crippen LogP contribution in [0.5, 0.6) is 0 Å². The number of hydrogen-bond acceptors (Lipinski definition) is 6. The molecule has 0 spiro atoms. The molecule has 0 saturated carbocycles. The number of esters is 3. The van der Waals surface area contributed by atoms with Crippen LogP contribution in [0.2, 0.25) is 0 Å². The molecule has 1 unspecified atom stereocenters. The number of allylic oxidation sites excluding steroid dienone is 14. The molecular formula is C56H94O6. The van der Waals surface area contributed by atoms with Crippen LogP contribution in [-0.2, 0) is 28.6 Å². The Morgan fingerprint density at radius 1 is 0.339 bits per heavy atom. The first kappa shape index (κ1) is 58.6. The van der Waals surface area contributed by atoms with Crippen LogP contribution in [0, 0.1) is 0 Å². The molecule has 0 aliphatic rings. The van der Waals surface area contributed by atoms with Gasteiger partial charge in [-0.2, -0.15) is 0 Å². The molecule has 0 amide bonds. The van der Waals surface area contributed by atoms with E-state index in [1.54, 1.807) is 0 Å². The number of ether oxygens (including phenoxy) is 3. The maximum atomic E-state index is 12.8. The minimum atomic E-state index is -0.814. The summed E-state index contributed by atoms with van der Waals surface area (Å²) in [4.78, 5) is 37.9. The fourth-order valence-corrected chi connectivity index (χ4v) is 6.93. The Balaban J connectivity index is 4.51. The van der Waals surface area contributed by atoms with Gasteiger partial charge in [0.1, 0.15) is 13.2 Å². The topological polar surface area (TPSA) is 78.9 Å². The van der Waals surface area contributed by atoms with Gasteiger partial charge >= 0.3 is 17.9 Å². The summed E-state index contributed by atoms with van der Waals surface area (Å²) in [6.07, 6.45) is 64.3. The third-order valence-electron chi connectivity index (χ3n) is 10.8. The van der Waals surface area contributed by atoms with Crippen LogP contribution in [0.1, 0.15) is 233 Å². The highest BCUT2D eigenvalue weighted by molar-refractivity contribution is 5.71. The van der Waals surface area contributed by atoms with E-state index in [0.29, 0.717) is 19.3 Å². The third kappa shape index (κ3) is 47.6. The molecule has 0 fully saturated rings. The molecule has 0 rings (SSSR count). The average Bonchev–Trinajstić information content (AvgIpc) is 3.27. The Bertz CT molecular complexity index is 1220. The van der Waals surface area contributed by atoms with Crippen molar-refractivity contribution in [1.82, 2.24) is 0 Å². The Kier molecular flexibility index (Phi) is 47.5. The smallest absolute Gasteiger partial charge is 0.306 e. The highest BCUT2D eigenvalue weighted by atomic mass is 16.6. The molecule has 0 radical (unpaired) electrons. The van der Waals surface area contributed by atoms with Crippen molar-refractivity contribution < 1.29 is 28.6 Å². The molecule has 0 N–H and O–H groups in total. The van der Waals surface area contributed by atoms with Crippen LogP contribution in [-0.4, -0.2) is 37.2 Å². The van der Waals surface area contributed by atoms with Gasteiger partial charge in [-0.25, -0.2) is 0 Å². The second-order valence-corrected chi connectivity index (χ2v) is 16.9. The minimum absolute atomic E-state index is 0.112. The monoisotopic (exact) mass is 863 g/mol. The van der Waals surface area contributed by atoms with E-state index in [1.807, 2.05) is 54.7 Å². The molecule has 6 nitrogen and oxygen atoms in total. The highest BCUT2D eigenvalue weighted by Crippen LogP contribution is 2.15. The number of unbranched alkanes of at least 4 members (excludes halogenated alkanes) is 25. The SMILES string of the molecule is CC\C=C/C=C\C=C/C=C\C=C/CCCC(=O)OCC(COC(=O)CCCCC/C=C\C=C/CCCCCCCCC)OC(=O)CCCCCCCCCCCCCCCCC. The summed E-state index contributed by atoms with van der Waals surface area (Å²) in [6, 6.07) is 0. The quantitative estimate of drug-likeness (QED) is 0.0263. The molecule has 62 heavy (non-hydrogen) atoms. The Hall–Kier alpha value is -3.41. The van der Waals surface area contributed by atoms with Gasteiger partial charge in [-0.3, -0.25) is 14.4 Å². The van der Waals surface area contributed by atoms with Crippen molar-refractivity contribution in [3.8, 4) is 0 Å². The van der Waals surface area contributed by atoms with Gasteiger partial charge in [0, 0.05) is 19.3 Å². The molecular weight excluding hydrogens is 769 g/mol. The molecule has 1 atom stereocenters. The van der Waals surface area contributed by atoms with E-state index in [2.05, 4.69) is 51.2 Å². The van der Waals surface area contributed by atoms with Crippen molar-refractivity contribution in [3.63, 3.8) is 0 Å². The lowest BCUT2D eigenvalue weighted by molar-refractivity contribution is -0.167. The van der Waals surface area contributed by atoms with Gasteiger partial charge in [0.2, 0.25) is 0 Å². The fourth-order valence-electron chi connectivity index (χ4n) is 6.93. The van der Waals surface area contributed by atoms with E-state index in [4.69, 9.17) is 14.2 Å². The van der Waals surface area contributed by atoms with Gasteiger partial charge in [-0.05, 0) is 57.8 Å². The standard InChI is InChI=1S/C56H94O6/c1-4-7-10-13-16-19-22-25-27-29-31-34-37-40-43-46-49-55(58)61-52-53(51-60-54(57)48-45-42-39-36-33-30-24-21-18-15-12-9-6-3)62-56(59)50-47-44-41-38-35-32-28-26-23-20-17-14-11-8-5-2/h9,12,15,18,21,24,27,29-31,33-34,36,39,53H,4-8,10-11,13-14,16-17,19-20,22-23,25-26,28,32,35,37-38,40-52H2,1-3H3/b12-9-,18-15-,24-21-,29-27-,33-30-,34-31-,39-36-. The first-order chi connectivity index (χ1) is 30.5. The van der Waals surface area contributed by atoms with Crippen molar-refractivity contribution in [2.24, 2.45) is 0 Å². The molecule has 6 heteroatoms. The maximum absolute atomic E-state index is 12.8.